The molecular formula is C10H17KO8. The van der Waals surface area contributed by atoms with Gasteiger partial charge in [0.15, 0.2) is 6.29 Å². The van der Waals surface area contributed by atoms with Gasteiger partial charge in [-0.05, 0) is 6.92 Å². The number of aliphatic hydroxyl groups excluding tert-OH is 4. The van der Waals surface area contributed by atoms with Crippen LogP contribution in [0.25, 0.3) is 0 Å². The first kappa shape index (κ1) is 19.9. The van der Waals surface area contributed by atoms with Gasteiger partial charge in [-0.1, -0.05) is 0 Å². The van der Waals surface area contributed by atoms with Crippen LogP contribution >= 0.6 is 0 Å². The molecule has 0 bridgehead atoms. The molecular weight excluding hydrogens is 287 g/mol. The molecule has 0 aliphatic carbocycles. The molecule has 0 aromatic rings. The first-order chi connectivity index (χ1) is 8.36. The average Bonchev–Trinajstić information content (AvgIpc) is 2.29. The van der Waals surface area contributed by atoms with Gasteiger partial charge in [-0.15, -0.1) is 0 Å². The Morgan fingerprint density at radius 1 is 1.32 bits per heavy atom. The maximum atomic E-state index is 10.3. The van der Waals surface area contributed by atoms with Gasteiger partial charge in [0, 0.05) is 12.4 Å². The van der Waals surface area contributed by atoms with Crippen molar-refractivity contribution in [3.63, 3.8) is 0 Å². The van der Waals surface area contributed by atoms with E-state index in [9.17, 15) is 25.2 Å². The SMILES string of the molecule is CC(CC(=O)[O-])OC1OC(CO)[C@H](O)[C@H](O)C1O.[K+]. The Labute approximate surface area is 152 Å². The van der Waals surface area contributed by atoms with Crippen LogP contribution in [0.2, 0.25) is 0 Å². The summed E-state index contributed by atoms with van der Waals surface area (Å²) in [7, 11) is 0. The monoisotopic (exact) mass is 304 g/mol. The van der Waals surface area contributed by atoms with E-state index in [0.717, 1.165) is 0 Å². The number of carbonyl (C=O) groups is 1. The Morgan fingerprint density at radius 2 is 1.89 bits per heavy atom. The van der Waals surface area contributed by atoms with Crippen molar-refractivity contribution in [2.24, 2.45) is 0 Å². The number of ether oxygens (including phenoxy) is 2. The molecule has 8 nitrogen and oxygen atoms in total. The fourth-order valence-electron chi connectivity index (χ4n) is 1.69. The molecule has 106 valence electrons. The number of carboxylic acids is 1. The van der Waals surface area contributed by atoms with E-state index in [1.807, 2.05) is 0 Å². The van der Waals surface area contributed by atoms with E-state index in [2.05, 4.69) is 0 Å². The van der Waals surface area contributed by atoms with Gasteiger partial charge >= 0.3 is 51.4 Å². The number of aliphatic hydroxyl groups is 4. The van der Waals surface area contributed by atoms with Crippen LogP contribution in [0, 0.1) is 0 Å². The molecule has 4 unspecified atom stereocenters. The van der Waals surface area contributed by atoms with E-state index < -0.39 is 55.8 Å². The maximum Gasteiger partial charge on any atom is 1.00 e. The van der Waals surface area contributed by atoms with Crippen LogP contribution in [0.3, 0.4) is 0 Å². The van der Waals surface area contributed by atoms with E-state index in [0.29, 0.717) is 0 Å². The molecule has 0 amide bonds. The molecule has 0 aromatic carbocycles. The number of hydrogen-bond acceptors (Lipinski definition) is 8. The summed E-state index contributed by atoms with van der Waals surface area (Å²) < 4.78 is 10.1. The van der Waals surface area contributed by atoms with Gasteiger partial charge in [-0.25, -0.2) is 0 Å². The van der Waals surface area contributed by atoms with Crippen LogP contribution in [0.4, 0.5) is 0 Å². The van der Waals surface area contributed by atoms with Crippen LogP contribution in [0.5, 0.6) is 0 Å². The van der Waals surface area contributed by atoms with Crippen molar-refractivity contribution in [3.05, 3.63) is 0 Å². The van der Waals surface area contributed by atoms with Gasteiger partial charge in [0.1, 0.15) is 24.4 Å². The van der Waals surface area contributed by atoms with E-state index in [4.69, 9.17) is 14.6 Å². The zero-order valence-corrected chi connectivity index (χ0v) is 13.9. The van der Waals surface area contributed by atoms with Crippen molar-refractivity contribution < 1.29 is 91.2 Å². The van der Waals surface area contributed by atoms with Crippen molar-refractivity contribution in [2.75, 3.05) is 6.61 Å². The maximum absolute atomic E-state index is 10.3. The van der Waals surface area contributed by atoms with Gasteiger partial charge in [-0.3, -0.25) is 0 Å². The Bertz CT molecular complexity index is 287. The van der Waals surface area contributed by atoms with Crippen molar-refractivity contribution >= 4 is 5.97 Å². The molecule has 1 aliphatic heterocycles. The largest absolute Gasteiger partial charge is 1.00 e. The minimum atomic E-state index is -1.55. The van der Waals surface area contributed by atoms with Crippen molar-refractivity contribution in [1.82, 2.24) is 0 Å². The molecule has 1 aliphatic rings. The quantitative estimate of drug-likeness (QED) is 0.368. The third kappa shape index (κ3) is 5.63. The molecule has 0 radical (unpaired) electrons. The molecule has 1 saturated heterocycles. The predicted molar refractivity (Wildman–Crippen MR) is 53.9 cm³/mol. The summed E-state index contributed by atoms with van der Waals surface area (Å²) in [5, 5.41) is 47.8. The molecule has 0 spiro atoms. The topological polar surface area (TPSA) is 140 Å². The summed E-state index contributed by atoms with van der Waals surface area (Å²) >= 11 is 0. The molecule has 19 heavy (non-hydrogen) atoms. The van der Waals surface area contributed by atoms with Crippen LogP contribution in [-0.2, 0) is 14.3 Å². The summed E-state index contributed by atoms with van der Waals surface area (Å²) in [5.74, 6) is -1.33. The first-order valence-corrected chi connectivity index (χ1v) is 5.52. The van der Waals surface area contributed by atoms with Gasteiger partial charge in [0.05, 0.1) is 12.7 Å². The normalized spacial score (nSPS) is 36.4. The fraction of sp³-hybridized carbons (Fsp3) is 0.900. The van der Waals surface area contributed by atoms with Gasteiger partial charge in [-0.2, -0.15) is 0 Å². The summed E-state index contributed by atoms with van der Waals surface area (Å²) in [4.78, 5) is 10.3. The summed E-state index contributed by atoms with van der Waals surface area (Å²) in [6.07, 6.45) is -8.17. The molecule has 4 N–H and O–H groups in total. The minimum absolute atomic E-state index is 0. The third-order valence-electron chi connectivity index (χ3n) is 2.67. The smallest absolute Gasteiger partial charge is 0.550 e. The Kier molecular flexibility index (Phi) is 9.41. The predicted octanol–water partition coefficient (Wildman–Crippen LogP) is -6.66. The molecule has 0 saturated carbocycles. The van der Waals surface area contributed by atoms with Crippen LogP contribution in [-0.4, -0.2) is 69.8 Å². The third-order valence-corrected chi connectivity index (χ3v) is 2.67. The standard InChI is InChI=1S/C10H18O8.K/c1-4(2-6(12)13)17-10-9(16)8(15)7(14)5(3-11)18-10;/h4-5,7-11,14-16H,2-3H2,1H3,(H,12,13);/q;+1/p-1/t4?,5?,7-,8-,9?,10?;/m0./s1. The molecule has 9 heteroatoms. The summed E-state index contributed by atoms with van der Waals surface area (Å²) in [6, 6.07) is 0. The van der Waals surface area contributed by atoms with E-state index in [1.165, 1.54) is 6.92 Å². The number of carbonyl (C=O) groups excluding carboxylic acids is 1. The zero-order chi connectivity index (χ0) is 13.9. The molecule has 1 heterocycles. The molecule has 6 atom stereocenters. The van der Waals surface area contributed by atoms with Crippen LogP contribution in [0.1, 0.15) is 13.3 Å². The number of carboxylic acid groups (broad SMARTS) is 1. The van der Waals surface area contributed by atoms with Crippen molar-refractivity contribution in [1.29, 1.82) is 0 Å². The van der Waals surface area contributed by atoms with Crippen molar-refractivity contribution in [2.45, 2.75) is 50.2 Å². The molecule has 1 rings (SSSR count). The molecule has 1 fully saturated rings. The number of rotatable bonds is 5. The second-order valence-corrected chi connectivity index (χ2v) is 4.22. The summed E-state index contributed by atoms with van der Waals surface area (Å²) in [6.45, 7) is 0.858. The Hall–Kier alpha value is 0.866. The molecule has 0 aromatic heterocycles. The van der Waals surface area contributed by atoms with E-state index in [1.54, 1.807) is 0 Å². The van der Waals surface area contributed by atoms with E-state index in [-0.39, 0.29) is 51.4 Å². The first-order valence-electron chi connectivity index (χ1n) is 5.52. The summed E-state index contributed by atoms with van der Waals surface area (Å²) in [5.41, 5.74) is 0. The fourth-order valence-corrected chi connectivity index (χ4v) is 1.69. The van der Waals surface area contributed by atoms with E-state index >= 15 is 0 Å². The van der Waals surface area contributed by atoms with Gasteiger partial charge in [0.2, 0.25) is 0 Å². The number of hydrogen-bond donors (Lipinski definition) is 4. The van der Waals surface area contributed by atoms with Crippen molar-refractivity contribution in [3.8, 4) is 0 Å². The second-order valence-electron chi connectivity index (χ2n) is 4.22. The second kappa shape index (κ2) is 9.00. The Morgan fingerprint density at radius 3 is 2.37 bits per heavy atom. The Balaban J connectivity index is 0.00000324. The minimum Gasteiger partial charge on any atom is -0.550 e. The number of aliphatic carboxylic acids is 1. The van der Waals surface area contributed by atoms with Crippen LogP contribution < -0.4 is 56.5 Å². The van der Waals surface area contributed by atoms with Gasteiger partial charge < -0.3 is 39.8 Å². The average molecular weight is 304 g/mol. The zero-order valence-electron chi connectivity index (χ0n) is 10.8. The van der Waals surface area contributed by atoms with Gasteiger partial charge in [0.25, 0.3) is 0 Å². The van der Waals surface area contributed by atoms with Crippen LogP contribution in [0.15, 0.2) is 0 Å².